The third-order valence-corrected chi connectivity index (χ3v) is 5.32. The quantitative estimate of drug-likeness (QED) is 0.324. The maximum atomic E-state index is 13.2. The molecule has 0 aliphatic carbocycles. The third kappa shape index (κ3) is 4.86. The van der Waals surface area contributed by atoms with Crippen LogP contribution in [-0.4, -0.2) is 23.0 Å². The number of esters is 1. The van der Waals surface area contributed by atoms with E-state index in [0.717, 1.165) is 23.4 Å². The van der Waals surface area contributed by atoms with Crippen molar-refractivity contribution < 1.29 is 22.7 Å². The molecule has 0 saturated heterocycles. The Morgan fingerprint density at radius 3 is 2.52 bits per heavy atom. The minimum Gasteiger partial charge on any atom is -0.465 e. The van der Waals surface area contributed by atoms with Gasteiger partial charge in [-0.1, -0.05) is 30.0 Å². The minimum atomic E-state index is -4.55. The molecule has 0 fully saturated rings. The molecule has 0 atom stereocenters. The van der Waals surface area contributed by atoms with Crippen molar-refractivity contribution in [1.82, 2.24) is 9.97 Å². The molecule has 0 unspecified atom stereocenters. The second-order valence-electron chi connectivity index (χ2n) is 5.37. The van der Waals surface area contributed by atoms with Crippen LogP contribution in [0.3, 0.4) is 0 Å². The lowest BCUT2D eigenvalue weighted by Gasteiger charge is -2.10. The summed E-state index contributed by atoms with van der Waals surface area (Å²) in [6, 6.07) is 11.1. The summed E-state index contributed by atoms with van der Waals surface area (Å²) in [6.45, 7) is 0. The first-order valence-corrected chi connectivity index (χ1v) is 9.53. The molecular weight excluding hydrogens is 397 g/mol. The van der Waals surface area contributed by atoms with Gasteiger partial charge in [-0.25, -0.2) is 14.8 Å². The minimum absolute atomic E-state index is 0.0465. The van der Waals surface area contributed by atoms with Crippen LogP contribution in [-0.2, 0) is 16.7 Å². The molecule has 0 bridgehead atoms. The number of hydrogen-bond donors (Lipinski definition) is 0. The largest absolute Gasteiger partial charge is 0.465 e. The van der Waals surface area contributed by atoms with Gasteiger partial charge in [0.1, 0.15) is 5.69 Å². The average molecular weight is 410 g/mol. The molecule has 2 heterocycles. The molecule has 0 aliphatic rings. The second-order valence-corrected chi connectivity index (χ2v) is 7.26. The first kappa shape index (κ1) is 19.4. The van der Waals surface area contributed by atoms with E-state index in [-0.39, 0.29) is 10.9 Å². The number of thioether (sulfide) groups is 1. The van der Waals surface area contributed by atoms with Crippen molar-refractivity contribution in [2.24, 2.45) is 0 Å². The Kier molecular flexibility index (Phi) is 5.81. The number of hydrogen-bond acceptors (Lipinski definition) is 6. The summed E-state index contributed by atoms with van der Waals surface area (Å²) in [5.41, 5.74) is 0.508. The molecule has 0 amide bonds. The van der Waals surface area contributed by atoms with Crippen LogP contribution in [0, 0.1) is 0 Å². The Balaban J connectivity index is 1.81. The zero-order chi connectivity index (χ0) is 19.4. The molecule has 3 aromatic rings. The van der Waals surface area contributed by atoms with Gasteiger partial charge in [0.05, 0.1) is 23.2 Å². The van der Waals surface area contributed by atoms with Crippen molar-refractivity contribution in [3.63, 3.8) is 0 Å². The van der Waals surface area contributed by atoms with Gasteiger partial charge in [0, 0.05) is 5.75 Å². The Hall–Kier alpha value is -2.39. The predicted octanol–water partition coefficient (Wildman–Crippen LogP) is 5.30. The predicted molar refractivity (Wildman–Crippen MR) is 97.7 cm³/mol. The van der Waals surface area contributed by atoms with E-state index in [2.05, 4.69) is 14.7 Å². The van der Waals surface area contributed by atoms with Crippen LogP contribution in [0.4, 0.5) is 13.2 Å². The van der Waals surface area contributed by atoms with Gasteiger partial charge in [-0.2, -0.15) is 13.2 Å². The molecule has 0 spiro atoms. The highest BCUT2D eigenvalue weighted by Crippen LogP contribution is 2.33. The van der Waals surface area contributed by atoms with Gasteiger partial charge in [-0.05, 0) is 35.2 Å². The summed E-state index contributed by atoms with van der Waals surface area (Å²) >= 11 is 2.42. The van der Waals surface area contributed by atoms with Crippen LogP contribution in [0.15, 0.2) is 53.0 Å². The van der Waals surface area contributed by atoms with E-state index in [0.29, 0.717) is 16.2 Å². The molecule has 1 aromatic carbocycles. The normalized spacial score (nSPS) is 11.4. The molecule has 0 radical (unpaired) electrons. The molecule has 2 aromatic heterocycles. The Labute approximate surface area is 161 Å². The van der Waals surface area contributed by atoms with E-state index in [1.807, 2.05) is 0 Å². The fourth-order valence-corrected chi connectivity index (χ4v) is 3.69. The summed E-state index contributed by atoms with van der Waals surface area (Å²) in [7, 11) is 1.29. The molecule has 0 saturated carbocycles. The zero-order valence-electron chi connectivity index (χ0n) is 14.0. The Morgan fingerprint density at radius 2 is 1.93 bits per heavy atom. The molecule has 3 rings (SSSR count). The van der Waals surface area contributed by atoms with Gasteiger partial charge >= 0.3 is 12.1 Å². The van der Waals surface area contributed by atoms with Crippen LogP contribution in [0.5, 0.6) is 0 Å². The van der Waals surface area contributed by atoms with Crippen molar-refractivity contribution in [2.45, 2.75) is 17.1 Å². The highest BCUT2D eigenvalue weighted by atomic mass is 32.2. The maximum absolute atomic E-state index is 13.2. The summed E-state index contributed by atoms with van der Waals surface area (Å²) in [5, 5.41) is 1.82. The van der Waals surface area contributed by atoms with Gasteiger partial charge < -0.3 is 4.74 Å². The van der Waals surface area contributed by atoms with Gasteiger partial charge in [-0.3, -0.25) is 0 Å². The molecule has 0 N–H and O–H groups in total. The summed E-state index contributed by atoms with van der Waals surface area (Å²) < 4.78 is 44.1. The van der Waals surface area contributed by atoms with Crippen molar-refractivity contribution >= 4 is 29.1 Å². The molecule has 4 nitrogen and oxygen atoms in total. The fourth-order valence-electron chi connectivity index (χ4n) is 2.19. The van der Waals surface area contributed by atoms with E-state index in [1.165, 1.54) is 18.4 Å². The number of nitrogens with zero attached hydrogens (tertiary/aromatic N) is 2. The van der Waals surface area contributed by atoms with Gasteiger partial charge in [0.15, 0.2) is 5.16 Å². The number of carbonyl (C=O) groups is 1. The van der Waals surface area contributed by atoms with E-state index in [9.17, 15) is 18.0 Å². The first-order chi connectivity index (χ1) is 12.9. The average Bonchev–Trinajstić information content (AvgIpc) is 3.20. The summed E-state index contributed by atoms with van der Waals surface area (Å²) in [6.07, 6.45) is -4.55. The van der Waals surface area contributed by atoms with Crippen LogP contribution >= 0.6 is 23.1 Å². The van der Waals surface area contributed by atoms with Crippen LogP contribution in [0.1, 0.15) is 21.6 Å². The lowest BCUT2D eigenvalue weighted by Crippen LogP contribution is -2.10. The second kappa shape index (κ2) is 8.10. The van der Waals surface area contributed by atoms with E-state index >= 15 is 0 Å². The topological polar surface area (TPSA) is 52.1 Å². The molecule has 27 heavy (non-hydrogen) atoms. The zero-order valence-corrected chi connectivity index (χ0v) is 15.6. The lowest BCUT2D eigenvalue weighted by atomic mass is 10.1. The van der Waals surface area contributed by atoms with Crippen LogP contribution < -0.4 is 0 Å². The molecule has 0 aliphatic heterocycles. The van der Waals surface area contributed by atoms with Crippen LogP contribution in [0.25, 0.3) is 10.6 Å². The van der Waals surface area contributed by atoms with E-state index in [4.69, 9.17) is 0 Å². The van der Waals surface area contributed by atoms with E-state index in [1.54, 1.807) is 41.8 Å². The number of methoxy groups -OCH3 is 1. The van der Waals surface area contributed by atoms with Gasteiger partial charge in [0.2, 0.25) is 0 Å². The highest BCUT2D eigenvalue weighted by molar-refractivity contribution is 7.98. The number of thiophene rings is 1. The number of ether oxygens (including phenoxy) is 1. The number of benzene rings is 1. The molecule has 140 valence electrons. The van der Waals surface area contributed by atoms with Crippen molar-refractivity contribution in [3.05, 3.63) is 64.7 Å². The number of rotatable bonds is 5. The van der Waals surface area contributed by atoms with Gasteiger partial charge in [-0.15, -0.1) is 11.3 Å². The SMILES string of the molecule is COC(=O)c1ccc(CSc2nc(-c3cccs3)cc(C(F)(F)F)n2)cc1. The number of carbonyl (C=O) groups excluding carboxylic acids is 1. The van der Waals surface area contributed by atoms with Crippen molar-refractivity contribution in [1.29, 1.82) is 0 Å². The van der Waals surface area contributed by atoms with Gasteiger partial charge in [0.25, 0.3) is 0 Å². The smallest absolute Gasteiger partial charge is 0.433 e. The Bertz CT molecular complexity index is 927. The lowest BCUT2D eigenvalue weighted by molar-refractivity contribution is -0.141. The first-order valence-electron chi connectivity index (χ1n) is 7.67. The van der Waals surface area contributed by atoms with Crippen molar-refractivity contribution in [3.8, 4) is 10.6 Å². The maximum Gasteiger partial charge on any atom is 0.433 e. The third-order valence-electron chi connectivity index (χ3n) is 3.51. The standard InChI is InChI=1S/C18H13F3N2O2S2/c1-25-16(24)12-6-4-11(5-7-12)10-27-17-22-13(14-3-2-8-26-14)9-15(23-17)18(19,20)21/h2-9H,10H2,1H3. The summed E-state index contributed by atoms with van der Waals surface area (Å²) in [5.74, 6) is -0.0804. The fraction of sp³-hybridized carbons (Fsp3) is 0.167. The monoisotopic (exact) mass is 410 g/mol. The highest BCUT2D eigenvalue weighted by Gasteiger charge is 2.34. The number of alkyl halides is 3. The van der Waals surface area contributed by atoms with Crippen molar-refractivity contribution in [2.75, 3.05) is 7.11 Å². The van der Waals surface area contributed by atoms with E-state index < -0.39 is 17.8 Å². The Morgan fingerprint density at radius 1 is 1.19 bits per heavy atom. The molecular formula is C18H13F3N2O2S2. The molecule has 9 heteroatoms. The number of aromatic nitrogens is 2. The van der Waals surface area contributed by atoms with Crippen LogP contribution in [0.2, 0.25) is 0 Å². The summed E-state index contributed by atoms with van der Waals surface area (Å²) in [4.78, 5) is 20.0. The number of halogens is 3.